The Balaban J connectivity index is 1.36. The van der Waals surface area contributed by atoms with Crippen LogP contribution in [0.4, 0.5) is 10.5 Å². The second-order valence-electron chi connectivity index (χ2n) is 7.85. The largest absolute Gasteiger partial charge is 0.493 e. The molecule has 2 heterocycles. The van der Waals surface area contributed by atoms with E-state index in [2.05, 4.69) is 4.90 Å². The van der Waals surface area contributed by atoms with E-state index in [1.807, 2.05) is 36.4 Å². The van der Waals surface area contributed by atoms with Crippen LogP contribution in [-0.4, -0.2) is 62.6 Å². The molecule has 1 unspecified atom stereocenters. The van der Waals surface area contributed by atoms with E-state index >= 15 is 0 Å². The van der Waals surface area contributed by atoms with E-state index in [-0.39, 0.29) is 12.2 Å². The highest BCUT2D eigenvalue weighted by molar-refractivity contribution is 5.90. The molecule has 30 heavy (non-hydrogen) atoms. The van der Waals surface area contributed by atoms with Gasteiger partial charge in [0.05, 0.1) is 32.1 Å². The molecule has 7 nitrogen and oxygen atoms in total. The number of likely N-dealkylation sites (tertiary alicyclic amines) is 1. The van der Waals surface area contributed by atoms with E-state index in [0.29, 0.717) is 37.4 Å². The average molecular weight is 412 g/mol. The fourth-order valence-corrected chi connectivity index (χ4v) is 4.25. The third-order valence-electron chi connectivity index (χ3n) is 6.01. The SMILES string of the molecule is COc1ccc(N2CC(CN3CCC(O)(c4ccccc4)CC3)OC2=O)cc1OC. The number of carbonyl (C=O) groups is 1. The van der Waals surface area contributed by atoms with Gasteiger partial charge in [0, 0.05) is 25.7 Å². The number of nitrogens with zero attached hydrogens (tertiary/aromatic N) is 2. The summed E-state index contributed by atoms with van der Waals surface area (Å²) in [5, 5.41) is 11.0. The van der Waals surface area contributed by atoms with Crippen LogP contribution in [0.5, 0.6) is 11.5 Å². The summed E-state index contributed by atoms with van der Waals surface area (Å²) in [5.41, 5.74) is 0.907. The van der Waals surface area contributed by atoms with Crippen molar-refractivity contribution in [3.8, 4) is 11.5 Å². The molecule has 0 aromatic heterocycles. The van der Waals surface area contributed by atoms with Crippen LogP contribution in [0.15, 0.2) is 48.5 Å². The standard InChI is InChI=1S/C23H28N2O5/c1-28-20-9-8-18(14-21(20)29-2)25-16-19(30-22(25)26)15-24-12-10-23(27,11-13-24)17-6-4-3-5-7-17/h3-9,14,19,27H,10-13,15-16H2,1-2H3. The third-order valence-corrected chi connectivity index (χ3v) is 6.01. The Kier molecular flexibility index (Phi) is 5.83. The van der Waals surface area contributed by atoms with Crippen molar-refractivity contribution in [2.75, 3.05) is 45.3 Å². The van der Waals surface area contributed by atoms with Gasteiger partial charge in [0.25, 0.3) is 0 Å². The summed E-state index contributed by atoms with van der Waals surface area (Å²) in [6.07, 6.45) is 0.757. The first-order chi connectivity index (χ1) is 14.5. The molecule has 1 amide bonds. The number of rotatable bonds is 6. The average Bonchev–Trinajstić information content (AvgIpc) is 3.15. The molecular formula is C23H28N2O5. The lowest BCUT2D eigenvalue weighted by Crippen LogP contribution is -2.45. The van der Waals surface area contributed by atoms with Crippen LogP contribution in [0.2, 0.25) is 0 Å². The molecule has 2 aliphatic rings. The summed E-state index contributed by atoms with van der Waals surface area (Å²) in [5.74, 6) is 1.19. The van der Waals surface area contributed by atoms with E-state index in [1.54, 1.807) is 31.3 Å². The molecule has 1 N–H and O–H groups in total. The lowest BCUT2D eigenvalue weighted by Gasteiger charge is -2.39. The summed E-state index contributed by atoms with van der Waals surface area (Å²) >= 11 is 0. The van der Waals surface area contributed by atoms with Crippen molar-refractivity contribution in [3.63, 3.8) is 0 Å². The predicted octanol–water partition coefficient (Wildman–Crippen LogP) is 3.01. The summed E-state index contributed by atoms with van der Waals surface area (Å²) in [7, 11) is 3.15. The van der Waals surface area contributed by atoms with Gasteiger partial charge < -0.3 is 19.3 Å². The van der Waals surface area contributed by atoms with Gasteiger partial charge >= 0.3 is 6.09 Å². The van der Waals surface area contributed by atoms with Crippen LogP contribution in [0.1, 0.15) is 18.4 Å². The molecule has 0 saturated carbocycles. The fourth-order valence-electron chi connectivity index (χ4n) is 4.25. The molecule has 2 aromatic carbocycles. The first-order valence-corrected chi connectivity index (χ1v) is 10.2. The fraction of sp³-hybridized carbons (Fsp3) is 0.435. The molecule has 1 atom stereocenters. The van der Waals surface area contributed by atoms with Crippen LogP contribution in [0.25, 0.3) is 0 Å². The van der Waals surface area contributed by atoms with Crippen LogP contribution in [-0.2, 0) is 10.3 Å². The normalized spacial score (nSPS) is 21.4. The first-order valence-electron chi connectivity index (χ1n) is 10.2. The molecule has 0 radical (unpaired) electrons. The minimum atomic E-state index is -0.782. The van der Waals surface area contributed by atoms with Crippen molar-refractivity contribution in [2.24, 2.45) is 0 Å². The Bertz CT molecular complexity index is 880. The minimum absolute atomic E-state index is 0.214. The molecule has 2 aromatic rings. The second-order valence-corrected chi connectivity index (χ2v) is 7.85. The highest BCUT2D eigenvalue weighted by atomic mass is 16.6. The summed E-state index contributed by atoms with van der Waals surface area (Å²) in [6.45, 7) is 2.65. The number of carbonyl (C=O) groups excluding carboxylic acids is 1. The number of cyclic esters (lactones) is 1. The van der Waals surface area contributed by atoms with E-state index in [1.165, 1.54) is 0 Å². The Morgan fingerprint density at radius 3 is 2.43 bits per heavy atom. The molecule has 0 spiro atoms. The van der Waals surface area contributed by atoms with Gasteiger partial charge in [-0.25, -0.2) is 4.79 Å². The molecular weight excluding hydrogens is 384 g/mol. The van der Waals surface area contributed by atoms with E-state index in [9.17, 15) is 9.90 Å². The number of hydrogen-bond acceptors (Lipinski definition) is 6. The summed E-state index contributed by atoms with van der Waals surface area (Å²) in [6, 6.07) is 15.2. The maximum atomic E-state index is 12.4. The summed E-state index contributed by atoms with van der Waals surface area (Å²) in [4.78, 5) is 16.3. The van der Waals surface area contributed by atoms with Crippen LogP contribution in [0, 0.1) is 0 Å². The van der Waals surface area contributed by atoms with Gasteiger partial charge in [-0.2, -0.15) is 0 Å². The van der Waals surface area contributed by atoms with Gasteiger partial charge in [0.15, 0.2) is 11.5 Å². The molecule has 7 heteroatoms. The number of hydrogen-bond donors (Lipinski definition) is 1. The van der Waals surface area contributed by atoms with Crippen LogP contribution in [0.3, 0.4) is 0 Å². The zero-order valence-corrected chi connectivity index (χ0v) is 17.4. The van der Waals surface area contributed by atoms with Gasteiger partial charge in [-0.1, -0.05) is 30.3 Å². The third kappa shape index (κ3) is 4.08. The molecule has 160 valence electrons. The highest BCUT2D eigenvalue weighted by Gasteiger charge is 2.37. The number of piperidine rings is 1. The maximum absolute atomic E-state index is 12.4. The van der Waals surface area contributed by atoms with E-state index < -0.39 is 5.60 Å². The van der Waals surface area contributed by atoms with Crippen molar-refractivity contribution in [2.45, 2.75) is 24.5 Å². The van der Waals surface area contributed by atoms with Gasteiger partial charge in [0.1, 0.15) is 6.10 Å². The van der Waals surface area contributed by atoms with Crippen molar-refractivity contribution >= 4 is 11.8 Å². The Labute approximate surface area is 176 Å². The quantitative estimate of drug-likeness (QED) is 0.787. The number of methoxy groups -OCH3 is 2. The molecule has 4 rings (SSSR count). The maximum Gasteiger partial charge on any atom is 0.414 e. The zero-order valence-electron chi connectivity index (χ0n) is 17.4. The number of anilines is 1. The van der Waals surface area contributed by atoms with Crippen molar-refractivity contribution in [3.05, 3.63) is 54.1 Å². The van der Waals surface area contributed by atoms with Gasteiger partial charge in [0.2, 0.25) is 0 Å². The predicted molar refractivity (Wildman–Crippen MR) is 113 cm³/mol. The number of aliphatic hydroxyl groups is 1. The Morgan fingerprint density at radius 2 is 1.77 bits per heavy atom. The Hall–Kier alpha value is -2.77. The lowest BCUT2D eigenvalue weighted by molar-refractivity contribution is -0.0325. The lowest BCUT2D eigenvalue weighted by atomic mass is 9.84. The molecule has 0 bridgehead atoms. The topological polar surface area (TPSA) is 71.5 Å². The van der Waals surface area contributed by atoms with Crippen molar-refractivity contribution in [1.82, 2.24) is 4.90 Å². The molecule has 2 aliphatic heterocycles. The minimum Gasteiger partial charge on any atom is -0.493 e. The number of benzene rings is 2. The monoisotopic (exact) mass is 412 g/mol. The van der Waals surface area contributed by atoms with Gasteiger partial charge in [-0.05, 0) is 30.5 Å². The first kappa shape index (κ1) is 20.5. The van der Waals surface area contributed by atoms with Gasteiger partial charge in [-0.15, -0.1) is 0 Å². The molecule has 0 aliphatic carbocycles. The van der Waals surface area contributed by atoms with Crippen LogP contribution < -0.4 is 14.4 Å². The smallest absolute Gasteiger partial charge is 0.414 e. The molecule has 2 fully saturated rings. The van der Waals surface area contributed by atoms with E-state index in [4.69, 9.17) is 14.2 Å². The summed E-state index contributed by atoms with van der Waals surface area (Å²) < 4.78 is 16.2. The van der Waals surface area contributed by atoms with E-state index in [0.717, 1.165) is 24.3 Å². The van der Waals surface area contributed by atoms with Crippen molar-refractivity contribution in [1.29, 1.82) is 0 Å². The number of amides is 1. The number of ether oxygens (including phenoxy) is 3. The Morgan fingerprint density at radius 1 is 1.07 bits per heavy atom. The highest BCUT2D eigenvalue weighted by Crippen LogP contribution is 2.35. The molecule has 2 saturated heterocycles. The van der Waals surface area contributed by atoms with Crippen molar-refractivity contribution < 1.29 is 24.1 Å². The second kappa shape index (κ2) is 8.53. The zero-order chi connectivity index (χ0) is 21.1. The van der Waals surface area contributed by atoms with Gasteiger partial charge in [-0.3, -0.25) is 9.80 Å². The van der Waals surface area contributed by atoms with Crippen LogP contribution >= 0.6 is 0 Å².